The van der Waals surface area contributed by atoms with E-state index in [1.807, 2.05) is 42.8 Å². The first kappa shape index (κ1) is 19.6. The second-order valence-corrected chi connectivity index (χ2v) is 9.57. The van der Waals surface area contributed by atoms with Gasteiger partial charge in [0.05, 0.1) is 29.8 Å². The monoisotopic (exact) mass is 390 g/mol. The predicted octanol–water partition coefficient (Wildman–Crippen LogP) is 1.65. The Balaban J connectivity index is 1.84. The standard InChI is InChI=1S/C19H26N4O3S/c1-14-10-15(2)22(20-14)12-16-6-5-7-17(11-16)19(24)23(21(3)4)18-8-9-27(25,26)13-18/h5-7,10-11,18H,8-9,12-13H2,1-4H3. The molecule has 0 saturated carbocycles. The fourth-order valence-electron chi connectivity index (χ4n) is 3.59. The van der Waals surface area contributed by atoms with Gasteiger partial charge in [-0.1, -0.05) is 12.1 Å². The highest BCUT2D eigenvalue weighted by atomic mass is 32.2. The van der Waals surface area contributed by atoms with Gasteiger partial charge in [0.2, 0.25) is 0 Å². The van der Waals surface area contributed by atoms with Crippen LogP contribution in [0.3, 0.4) is 0 Å². The van der Waals surface area contributed by atoms with Crippen molar-refractivity contribution in [1.29, 1.82) is 0 Å². The molecule has 1 aromatic carbocycles. The van der Waals surface area contributed by atoms with E-state index in [1.54, 1.807) is 30.2 Å². The van der Waals surface area contributed by atoms with Crippen molar-refractivity contribution in [2.24, 2.45) is 0 Å². The molecule has 1 aliphatic rings. The van der Waals surface area contributed by atoms with Crippen LogP contribution < -0.4 is 0 Å². The van der Waals surface area contributed by atoms with E-state index in [0.717, 1.165) is 17.0 Å². The number of hydrazine groups is 1. The van der Waals surface area contributed by atoms with Crippen LogP contribution in [0, 0.1) is 13.8 Å². The number of rotatable bonds is 5. The lowest BCUT2D eigenvalue weighted by Crippen LogP contribution is -2.49. The number of benzene rings is 1. The van der Waals surface area contributed by atoms with Gasteiger partial charge in [0.1, 0.15) is 0 Å². The highest BCUT2D eigenvalue weighted by molar-refractivity contribution is 7.91. The Bertz CT molecular complexity index is 950. The van der Waals surface area contributed by atoms with Gasteiger partial charge in [0, 0.05) is 25.4 Å². The number of carbonyl (C=O) groups is 1. The second-order valence-electron chi connectivity index (χ2n) is 7.34. The summed E-state index contributed by atoms with van der Waals surface area (Å²) in [5, 5.41) is 7.71. The second kappa shape index (κ2) is 7.44. The average Bonchev–Trinajstić information content (AvgIpc) is 3.08. The number of aromatic nitrogens is 2. The molecule has 2 aromatic rings. The van der Waals surface area contributed by atoms with Crippen molar-refractivity contribution in [3.8, 4) is 0 Å². The van der Waals surface area contributed by atoms with Gasteiger partial charge in [-0.25, -0.2) is 13.4 Å². The number of carbonyl (C=O) groups excluding carboxylic acids is 1. The molecule has 7 nitrogen and oxygen atoms in total. The summed E-state index contributed by atoms with van der Waals surface area (Å²) in [4.78, 5) is 13.1. The summed E-state index contributed by atoms with van der Waals surface area (Å²) < 4.78 is 25.6. The summed E-state index contributed by atoms with van der Waals surface area (Å²) in [7, 11) is 0.460. The van der Waals surface area contributed by atoms with Crippen LogP contribution >= 0.6 is 0 Å². The summed E-state index contributed by atoms with van der Waals surface area (Å²) in [6, 6.07) is 9.15. The highest BCUT2D eigenvalue weighted by Crippen LogP contribution is 2.21. The number of sulfone groups is 1. The fourth-order valence-corrected chi connectivity index (χ4v) is 5.28. The lowest BCUT2D eigenvalue weighted by atomic mass is 10.1. The van der Waals surface area contributed by atoms with E-state index in [9.17, 15) is 13.2 Å². The third-order valence-electron chi connectivity index (χ3n) is 4.80. The molecule has 1 aromatic heterocycles. The smallest absolute Gasteiger partial charge is 0.268 e. The Labute approximate surface area is 160 Å². The average molecular weight is 391 g/mol. The predicted molar refractivity (Wildman–Crippen MR) is 104 cm³/mol. The van der Waals surface area contributed by atoms with Crippen LogP contribution in [-0.2, 0) is 16.4 Å². The third-order valence-corrected chi connectivity index (χ3v) is 6.55. The molecule has 1 atom stereocenters. The van der Waals surface area contributed by atoms with Crippen LogP contribution in [0.4, 0.5) is 0 Å². The summed E-state index contributed by atoms with van der Waals surface area (Å²) in [6.07, 6.45) is 0.470. The van der Waals surface area contributed by atoms with Crippen LogP contribution in [0.25, 0.3) is 0 Å². The van der Waals surface area contributed by atoms with Crippen molar-refractivity contribution in [2.45, 2.75) is 32.9 Å². The Hall–Kier alpha value is -2.19. The Morgan fingerprint density at radius 1 is 1.26 bits per heavy atom. The molecule has 0 spiro atoms. The minimum atomic E-state index is -3.07. The largest absolute Gasteiger partial charge is 0.268 e. The van der Waals surface area contributed by atoms with Crippen LogP contribution in [0.2, 0.25) is 0 Å². The SMILES string of the molecule is Cc1cc(C)n(Cc2cccc(C(=O)N(C3CCS(=O)(=O)C3)N(C)C)c2)n1. The topological polar surface area (TPSA) is 75.5 Å². The van der Waals surface area contributed by atoms with Crippen molar-refractivity contribution >= 4 is 15.7 Å². The minimum Gasteiger partial charge on any atom is -0.268 e. The number of aryl methyl sites for hydroxylation is 2. The van der Waals surface area contributed by atoms with E-state index < -0.39 is 9.84 Å². The molecule has 0 radical (unpaired) electrons. The van der Waals surface area contributed by atoms with Crippen LogP contribution in [0.15, 0.2) is 30.3 Å². The molecular formula is C19H26N4O3S. The van der Waals surface area contributed by atoms with Crippen LogP contribution in [0.5, 0.6) is 0 Å². The van der Waals surface area contributed by atoms with Crippen molar-refractivity contribution < 1.29 is 13.2 Å². The molecule has 1 fully saturated rings. The van der Waals surface area contributed by atoms with Crippen molar-refractivity contribution in [3.05, 3.63) is 52.8 Å². The molecular weight excluding hydrogens is 364 g/mol. The molecule has 146 valence electrons. The Kier molecular flexibility index (Phi) is 5.39. The quantitative estimate of drug-likeness (QED) is 0.726. The molecule has 0 bridgehead atoms. The summed E-state index contributed by atoms with van der Waals surface area (Å²) in [5.41, 5.74) is 3.55. The number of hydrogen-bond donors (Lipinski definition) is 0. The molecule has 0 N–H and O–H groups in total. The lowest BCUT2D eigenvalue weighted by molar-refractivity contribution is 0.00100. The molecule has 2 heterocycles. The van der Waals surface area contributed by atoms with Gasteiger partial charge in [0.25, 0.3) is 5.91 Å². The zero-order valence-electron chi connectivity index (χ0n) is 16.2. The molecule has 1 amide bonds. The van der Waals surface area contributed by atoms with Gasteiger partial charge in [-0.15, -0.1) is 0 Å². The van der Waals surface area contributed by atoms with Gasteiger partial charge < -0.3 is 0 Å². The number of nitrogens with zero attached hydrogens (tertiary/aromatic N) is 4. The van der Waals surface area contributed by atoms with E-state index in [1.165, 1.54) is 0 Å². The normalized spacial score (nSPS) is 18.8. The van der Waals surface area contributed by atoms with Crippen molar-refractivity contribution in [1.82, 2.24) is 19.8 Å². The third kappa shape index (κ3) is 4.39. The first-order valence-corrected chi connectivity index (χ1v) is 10.8. The minimum absolute atomic E-state index is 0.0162. The Morgan fingerprint density at radius 2 is 2.00 bits per heavy atom. The highest BCUT2D eigenvalue weighted by Gasteiger charge is 2.36. The molecule has 1 unspecified atom stereocenters. The number of hydrogen-bond acceptors (Lipinski definition) is 5. The van der Waals surface area contributed by atoms with Gasteiger partial charge in [-0.2, -0.15) is 5.10 Å². The van der Waals surface area contributed by atoms with E-state index in [4.69, 9.17) is 0 Å². The summed E-state index contributed by atoms with van der Waals surface area (Å²) >= 11 is 0. The maximum atomic E-state index is 13.1. The van der Waals surface area contributed by atoms with Crippen molar-refractivity contribution in [3.63, 3.8) is 0 Å². The number of amides is 1. The molecule has 8 heteroatoms. The van der Waals surface area contributed by atoms with Gasteiger partial charge >= 0.3 is 0 Å². The first-order chi connectivity index (χ1) is 12.7. The van der Waals surface area contributed by atoms with E-state index >= 15 is 0 Å². The molecule has 0 aliphatic carbocycles. The fraction of sp³-hybridized carbons (Fsp3) is 0.474. The molecule has 1 saturated heterocycles. The molecule has 1 aliphatic heterocycles. The summed E-state index contributed by atoms with van der Waals surface area (Å²) in [5.74, 6) is -0.0346. The zero-order chi connectivity index (χ0) is 19.8. The van der Waals surface area contributed by atoms with E-state index in [-0.39, 0.29) is 23.5 Å². The van der Waals surface area contributed by atoms with Gasteiger partial charge in [-0.3, -0.25) is 14.5 Å². The summed E-state index contributed by atoms with van der Waals surface area (Å²) in [6.45, 7) is 4.54. The van der Waals surface area contributed by atoms with E-state index in [2.05, 4.69) is 5.10 Å². The molecule has 27 heavy (non-hydrogen) atoms. The maximum absolute atomic E-state index is 13.1. The zero-order valence-corrected chi connectivity index (χ0v) is 17.0. The Morgan fingerprint density at radius 3 is 2.56 bits per heavy atom. The van der Waals surface area contributed by atoms with Crippen LogP contribution in [-0.4, -0.2) is 65.8 Å². The molecule has 3 rings (SSSR count). The van der Waals surface area contributed by atoms with E-state index in [0.29, 0.717) is 18.5 Å². The van der Waals surface area contributed by atoms with Crippen molar-refractivity contribution in [2.75, 3.05) is 25.6 Å². The maximum Gasteiger partial charge on any atom is 0.268 e. The lowest BCUT2D eigenvalue weighted by Gasteiger charge is -2.33. The van der Waals surface area contributed by atoms with Crippen LogP contribution in [0.1, 0.15) is 33.7 Å². The van der Waals surface area contributed by atoms with Gasteiger partial charge in [0.15, 0.2) is 9.84 Å². The first-order valence-electron chi connectivity index (χ1n) is 8.97. The van der Waals surface area contributed by atoms with Gasteiger partial charge in [-0.05, 0) is 44.0 Å².